The lowest BCUT2D eigenvalue weighted by atomic mass is 10.00. The first-order valence-corrected chi connectivity index (χ1v) is 13.1. The number of morpholine rings is 1. The summed E-state index contributed by atoms with van der Waals surface area (Å²) in [6, 6.07) is 21.2. The quantitative estimate of drug-likeness (QED) is 0.398. The van der Waals surface area contributed by atoms with Gasteiger partial charge in [0.1, 0.15) is 5.56 Å². The first-order valence-electron chi connectivity index (χ1n) is 12.8. The molecule has 0 bridgehead atoms. The third-order valence-corrected chi connectivity index (χ3v) is 7.37. The monoisotopic (exact) mass is 529 g/mol. The summed E-state index contributed by atoms with van der Waals surface area (Å²) in [5.41, 5.74) is 4.45. The summed E-state index contributed by atoms with van der Waals surface area (Å²) in [6.45, 7) is 4.47. The summed E-state index contributed by atoms with van der Waals surface area (Å²) >= 11 is 5.98. The number of nitrogens with zero attached hydrogens (tertiary/aromatic N) is 2. The number of ether oxygens (including phenoxy) is 2. The van der Waals surface area contributed by atoms with Crippen LogP contribution in [0.15, 0.2) is 77.7 Å². The highest BCUT2D eigenvalue weighted by Gasteiger charge is 2.27. The molecule has 3 heterocycles. The Hall–Kier alpha value is -3.49. The first kappa shape index (κ1) is 24.8. The molecule has 1 fully saturated rings. The van der Waals surface area contributed by atoms with Crippen molar-refractivity contribution in [1.29, 1.82) is 0 Å². The number of nitrogens with one attached hydrogen (secondary N) is 1. The van der Waals surface area contributed by atoms with Gasteiger partial charge in [0.2, 0.25) is 5.43 Å². The summed E-state index contributed by atoms with van der Waals surface area (Å²) in [5, 5.41) is 4.06. The number of amides is 1. The van der Waals surface area contributed by atoms with E-state index in [0.29, 0.717) is 36.8 Å². The van der Waals surface area contributed by atoms with E-state index in [9.17, 15) is 9.59 Å². The lowest BCUT2D eigenvalue weighted by Gasteiger charge is -2.31. The number of hydrogen-bond acceptors (Lipinski definition) is 5. The average molecular weight is 530 g/mol. The minimum atomic E-state index is -0.445. The Morgan fingerprint density at radius 2 is 1.76 bits per heavy atom. The molecule has 1 amide bonds. The van der Waals surface area contributed by atoms with Crippen LogP contribution in [0.4, 0.5) is 0 Å². The predicted octanol–water partition coefficient (Wildman–Crippen LogP) is 4.49. The Morgan fingerprint density at radius 1 is 1.00 bits per heavy atom. The van der Waals surface area contributed by atoms with Crippen LogP contribution in [0.5, 0.6) is 0 Å². The van der Waals surface area contributed by atoms with E-state index in [0.717, 1.165) is 40.9 Å². The second kappa shape index (κ2) is 10.7. The van der Waals surface area contributed by atoms with E-state index in [-0.39, 0.29) is 17.5 Å². The van der Waals surface area contributed by atoms with Crippen LogP contribution in [-0.4, -0.2) is 41.7 Å². The predicted molar refractivity (Wildman–Crippen MR) is 146 cm³/mol. The number of halogens is 1. The Labute approximate surface area is 225 Å². The molecule has 2 aliphatic heterocycles. The molecule has 2 aliphatic rings. The highest BCUT2D eigenvalue weighted by atomic mass is 35.5. The smallest absolute Gasteiger partial charge is 0.257 e. The van der Waals surface area contributed by atoms with Gasteiger partial charge in [0.05, 0.1) is 25.3 Å². The van der Waals surface area contributed by atoms with Crippen molar-refractivity contribution in [1.82, 2.24) is 14.8 Å². The van der Waals surface area contributed by atoms with Gasteiger partial charge in [-0.05, 0) is 29.3 Å². The average Bonchev–Trinajstić information content (AvgIpc) is 2.95. The number of carbonyl (C=O) groups excluding carboxylic acids is 1. The van der Waals surface area contributed by atoms with Crippen LogP contribution in [0.25, 0.3) is 10.9 Å². The van der Waals surface area contributed by atoms with Crippen molar-refractivity contribution >= 4 is 28.4 Å². The van der Waals surface area contributed by atoms with Crippen LogP contribution < -0.4 is 10.7 Å². The van der Waals surface area contributed by atoms with Crippen molar-refractivity contribution in [2.24, 2.45) is 0 Å². The zero-order valence-electron chi connectivity index (χ0n) is 20.9. The molecule has 1 N–H and O–H groups in total. The number of pyridine rings is 1. The molecular weight excluding hydrogens is 502 g/mol. The fourth-order valence-corrected chi connectivity index (χ4v) is 5.34. The molecule has 194 valence electrons. The number of carbonyl (C=O) groups is 1. The largest absolute Gasteiger partial charge is 0.379 e. The fraction of sp³-hybridized carbons (Fsp3) is 0.267. The van der Waals surface area contributed by atoms with Crippen molar-refractivity contribution < 1.29 is 14.3 Å². The maximum Gasteiger partial charge on any atom is 0.257 e. The van der Waals surface area contributed by atoms with Gasteiger partial charge in [-0.25, -0.2) is 0 Å². The Kier molecular flexibility index (Phi) is 7.00. The molecule has 0 radical (unpaired) electrons. The van der Waals surface area contributed by atoms with Gasteiger partial charge < -0.3 is 19.4 Å². The lowest BCUT2D eigenvalue weighted by Crippen LogP contribution is -2.36. The van der Waals surface area contributed by atoms with Gasteiger partial charge in [-0.15, -0.1) is 0 Å². The standard InChI is InChI=1S/C30H28ClN3O4/c31-24-8-6-20(7-9-24)16-32-29(36)26-18-34-27-23(19-38-30(34)22-4-2-1-3-5-22)14-21(15-25(27)28(26)35)17-33-10-12-37-13-11-33/h1-9,14-15,18,30H,10-13,16-17,19H2,(H,32,36). The molecule has 1 unspecified atom stereocenters. The highest BCUT2D eigenvalue weighted by Crippen LogP contribution is 2.33. The summed E-state index contributed by atoms with van der Waals surface area (Å²) in [4.78, 5) is 29.5. The van der Waals surface area contributed by atoms with Gasteiger partial charge in [-0.3, -0.25) is 14.5 Å². The van der Waals surface area contributed by atoms with Crippen molar-refractivity contribution in [2.75, 3.05) is 26.3 Å². The molecule has 38 heavy (non-hydrogen) atoms. The topological polar surface area (TPSA) is 72.8 Å². The van der Waals surface area contributed by atoms with Gasteiger partial charge in [-0.2, -0.15) is 0 Å². The van der Waals surface area contributed by atoms with Crippen molar-refractivity contribution in [3.05, 3.63) is 116 Å². The van der Waals surface area contributed by atoms with Crippen LogP contribution in [0.3, 0.4) is 0 Å². The maximum atomic E-state index is 13.8. The lowest BCUT2D eigenvalue weighted by molar-refractivity contribution is 0.0133. The van der Waals surface area contributed by atoms with Gasteiger partial charge >= 0.3 is 0 Å². The summed E-state index contributed by atoms with van der Waals surface area (Å²) in [6.07, 6.45) is 1.20. The number of rotatable bonds is 6. The molecule has 0 saturated carbocycles. The van der Waals surface area contributed by atoms with E-state index in [1.807, 2.05) is 53.1 Å². The van der Waals surface area contributed by atoms with E-state index in [4.69, 9.17) is 21.1 Å². The second-order valence-corrected chi connectivity index (χ2v) is 10.1. The maximum absolute atomic E-state index is 13.8. The molecule has 1 saturated heterocycles. The molecule has 3 aromatic carbocycles. The van der Waals surface area contributed by atoms with Crippen LogP contribution >= 0.6 is 11.6 Å². The molecule has 4 aromatic rings. The van der Waals surface area contributed by atoms with Gasteiger partial charge in [0, 0.05) is 53.9 Å². The van der Waals surface area contributed by atoms with E-state index in [1.54, 1.807) is 18.3 Å². The normalized spacial score (nSPS) is 17.4. The van der Waals surface area contributed by atoms with Crippen LogP contribution in [0, 0.1) is 0 Å². The minimum absolute atomic E-state index is 0.0902. The third-order valence-electron chi connectivity index (χ3n) is 7.12. The second-order valence-electron chi connectivity index (χ2n) is 9.70. The minimum Gasteiger partial charge on any atom is -0.379 e. The van der Waals surface area contributed by atoms with Crippen molar-refractivity contribution in [3.63, 3.8) is 0 Å². The van der Waals surface area contributed by atoms with Crippen molar-refractivity contribution in [3.8, 4) is 0 Å². The molecule has 6 rings (SSSR count). The third kappa shape index (κ3) is 4.98. The van der Waals surface area contributed by atoms with Crippen LogP contribution in [0.2, 0.25) is 5.02 Å². The van der Waals surface area contributed by atoms with Crippen LogP contribution in [-0.2, 0) is 29.2 Å². The van der Waals surface area contributed by atoms with E-state index >= 15 is 0 Å². The summed E-state index contributed by atoms with van der Waals surface area (Å²) < 4.78 is 13.7. The van der Waals surface area contributed by atoms with Gasteiger partial charge in [-0.1, -0.05) is 60.1 Å². The zero-order valence-corrected chi connectivity index (χ0v) is 21.6. The first-order chi connectivity index (χ1) is 18.6. The molecule has 8 heteroatoms. The number of aromatic nitrogens is 1. The Morgan fingerprint density at radius 3 is 2.53 bits per heavy atom. The summed E-state index contributed by atoms with van der Waals surface area (Å²) in [5.74, 6) is -0.423. The Balaban J connectivity index is 1.42. The van der Waals surface area contributed by atoms with Gasteiger partial charge in [0.15, 0.2) is 6.23 Å². The van der Waals surface area contributed by atoms with Crippen LogP contribution in [0.1, 0.15) is 38.8 Å². The molecule has 0 aliphatic carbocycles. The zero-order chi connectivity index (χ0) is 26.1. The molecule has 0 spiro atoms. The summed E-state index contributed by atoms with van der Waals surface area (Å²) in [7, 11) is 0. The molecule has 7 nitrogen and oxygen atoms in total. The van der Waals surface area contributed by atoms with E-state index in [2.05, 4.69) is 16.3 Å². The van der Waals surface area contributed by atoms with E-state index < -0.39 is 12.1 Å². The highest BCUT2D eigenvalue weighted by molar-refractivity contribution is 6.30. The SMILES string of the molecule is O=C(NCc1ccc(Cl)cc1)c1cn2c3c(cc(CN4CCOCC4)cc3c1=O)COC2c1ccccc1. The molecule has 1 atom stereocenters. The van der Waals surface area contributed by atoms with Crippen molar-refractivity contribution in [2.45, 2.75) is 25.9 Å². The molecular formula is C30H28ClN3O4. The Bertz CT molecular complexity index is 1530. The number of benzene rings is 3. The molecule has 1 aromatic heterocycles. The van der Waals surface area contributed by atoms with E-state index in [1.165, 1.54) is 0 Å². The number of hydrogen-bond donors (Lipinski definition) is 1. The fourth-order valence-electron chi connectivity index (χ4n) is 5.21. The van der Waals surface area contributed by atoms with Gasteiger partial charge in [0.25, 0.3) is 5.91 Å².